The van der Waals surface area contributed by atoms with Gasteiger partial charge in [0.2, 0.25) is 0 Å². The molecule has 13 heteroatoms. The van der Waals surface area contributed by atoms with Crippen LogP contribution < -0.4 is 0 Å². The van der Waals surface area contributed by atoms with Crippen molar-refractivity contribution in [2.75, 3.05) is 46.2 Å². The number of fused-ring (bicyclic) bond motifs is 1. The molecular weight excluding hydrogens is 689 g/mol. The molecule has 6 rings (SSSR count). The number of ketones is 1. The number of halogens is 2. The molecule has 0 N–H and O–H groups in total. The summed E-state index contributed by atoms with van der Waals surface area (Å²) in [6.07, 6.45) is 4.40. The minimum Gasteiger partial charge on any atom is -0.611 e. The summed E-state index contributed by atoms with van der Waals surface area (Å²) in [7, 11) is 2.44. The second-order valence-corrected chi connectivity index (χ2v) is 14.9. The van der Waals surface area contributed by atoms with Crippen molar-refractivity contribution in [2.24, 2.45) is 11.8 Å². The van der Waals surface area contributed by atoms with Crippen molar-refractivity contribution in [3.63, 3.8) is 0 Å². The highest BCUT2D eigenvalue weighted by Gasteiger charge is 2.48. The van der Waals surface area contributed by atoms with Crippen LogP contribution >= 0.6 is 23.2 Å². The molecule has 0 bridgehead atoms. The van der Waals surface area contributed by atoms with Gasteiger partial charge < -0.3 is 18.9 Å². The van der Waals surface area contributed by atoms with Gasteiger partial charge in [0, 0.05) is 60.7 Å². The van der Waals surface area contributed by atoms with E-state index in [4.69, 9.17) is 32.7 Å². The van der Waals surface area contributed by atoms with Crippen molar-refractivity contribution >= 4 is 58.0 Å². The lowest BCUT2D eigenvalue weighted by Crippen LogP contribution is -2.53. The number of hydrogen-bond donors (Lipinski definition) is 0. The van der Waals surface area contributed by atoms with E-state index in [0.29, 0.717) is 67.6 Å². The molecule has 0 spiro atoms. The van der Waals surface area contributed by atoms with Crippen LogP contribution in [0.15, 0.2) is 82.3 Å². The Morgan fingerprint density at radius 1 is 0.918 bits per heavy atom. The van der Waals surface area contributed by atoms with Gasteiger partial charge in [-0.25, -0.2) is 14.4 Å². The fraction of sp³-hybridized carbons (Fsp3) is 0.417. The first-order valence-electron chi connectivity index (χ1n) is 16.2. The molecule has 258 valence electrons. The molecule has 4 atom stereocenters. The van der Waals surface area contributed by atoms with E-state index in [1.807, 2.05) is 10.8 Å². The van der Waals surface area contributed by atoms with Gasteiger partial charge in [0.1, 0.15) is 17.5 Å². The minimum atomic E-state index is -1.70. The molecule has 2 heterocycles. The van der Waals surface area contributed by atoms with Crippen LogP contribution in [0.3, 0.4) is 0 Å². The van der Waals surface area contributed by atoms with Crippen molar-refractivity contribution in [3.8, 4) is 0 Å². The number of ether oxygens (including phenoxy) is 2. The van der Waals surface area contributed by atoms with Crippen LogP contribution in [-0.4, -0.2) is 95.1 Å². The quantitative estimate of drug-likeness (QED) is 0.204. The summed E-state index contributed by atoms with van der Waals surface area (Å²) in [5.74, 6) is 0.354. The summed E-state index contributed by atoms with van der Waals surface area (Å²) < 4.78 is 24.6. The van der Waals surface area contributed by atoms with Gasteiger partial charge in [-0.2, -0.15) is 0 Å². The van der Waals surface area contributed by atoms with E-state index in [1.165, 1.54) is 19.1 Å². The zero-order chi connectivity index (χ0) is 34.8. The fourth-order valence-corrected chi connectivity index (χ4v) is 9.74. The number of rotatable bonds is 9. The topological polar surface area (TPSA) is 120 Å². The van der Waals surface area contributed by atoms with Crippen molar-refractivity contribution in [1.29, 1.82) is 0 Å². The van der Waals surface area contributed by atoms with Gasteiger partial charge in [0.05, 0.1) is 43.2 Å². The first kappa shape index (κ1) is 35.3. The van der Waals surface area contributed by atoms with E-state index >= 15 is 0 Å². The van der Waals surface area contributed by atoms with Crippen LogP contribution in [0, 0.1) is 11.8 Å². The molecule has 2 aliphatic heterocycles. The molecule has 3 fully saturated rings. The lowest BCUT2D eigenvalue weighted by atomic mass is 9.80. The highest BCUT2D eigenvalue weighted by molar-refractivity contribution is 7.91. The van der Waals surface area contributed by atoms with Crippen molar-refractivity contribution < 1.29 is 33.2 Å². The summed E-state index contributed by atoms with van der Waals surface area (Å²) in [5, 5.41) is 0.385. The average Bonchev–Trinajstić information content (AvgIpc) is 3.66. The van der Waals surface area contributed by atoms with Crippen molar-refractivity contribution in [2.45, 2.75) is 42.5 Å². The number of hydrogen-bond acceptors (Lipinski definition) is 10. The van der Waals surface area contributed by atoms with Crippen molar-refractivity contribution in [3.05, 3.63) is 93.0 Å². The van der Waals surface area contributed by atoms with Gasteiger partial charge in [-0.15, -0.1) is 0 Å². The monoisotopic (exact) mass is 725 g/mol. The standard InChI is InChI=1S/C36H37Cl2N3O7S/c1-47-35(44)31-29(21-49(46)26-7-4-3-5-8-26)41(15-16-42)34(33(36(45)48-2)32(31)30-27(37)9-6-10-28(30)38)40-13-11-39(12-14-40)24-17-22-19-25(43)20-23(22)18-24/h3-10,15,22-24,32H,11-14,17-21H2,1-2H3. The highest BCUT2D eigenvalue weighted by atomic mass is 35.5. The predicted molar refractivity (Wildman–Crippen MR) is 184 cm³/mol. The molecule has 4 aliphatic rings. The minimum absolute atomic E-state index is 0.0287. The molecule has 2 aliphatic carbocycles. The van der Waals surface area contributed by atoms with Crippen LogP contribution in [0.2, 0.25) is 10.0 Å². The number of Topliss-reactive ketones (excluding diaryl/α,β-unsaturated/α-hetero) is 1. The van der Waals surface area contributed by atoms with E-state index in [-0.39, 0.29) is 44.0 Å². The van der Waals surface area contributed by atoms with Crippen molar-refractivity contribution in [1.82, 2.24) is 14.7 Å². The first-order valence-corrected chi connectivity index (χ1v) is 18.3. The number of benzene rings is 2. The summed E-state index contributed by atoms with van der Waals surface area (Å²) in [6.45, 7) is 2.25. The Morgan fingerprint density at radius 2 is 1.51 bits per heavy atom. The van der Waals surface area contributed by atoms with Crippen LogP contribution in [0.5, 0.6) is 0 Å². The van der Waals surface area contributed by atoms with Gasteiger partial charge in [-0.05, 0) is 60.1 Å². The van der Waals surface area contributed by atoms with E-state index in [2.05, 4.69) is 4.90 Å². The zero-order valence-corrected chi connectivity index (χ0v) is 29.6. The third-order valence-corrected chi connectivity index (χ3v) is 12.1. The molecule has 0 aromatic heterocycles. The van der Waals surface area contributed by atoms with Gasteiger partial charge in [0.25, 0.3) is 0 Å². The second kappa shape index (κ2) is 15.1. The Morgan fingerprint density at radius 3 is 2.08 bits per heavy atom. The molecule has 49 heavy (non-hydrogen) atoms. The van der Waals surface area contributed by atoms with Gasteiger partial charge in [-0.3, -0.25) is 14.6 Å². The maximum atomic E-state index is 14.0. The van der Waals surface area contributed by atoms with Crippen LogP contribution in [0.1, 0.15) is 37.2 Å². The number of methoxy groups -OCH3 is 2. The number of nitrogens with zero attached hydrogens (tertiary/aromatic N) is 3. The average molecular weight is 727 g/mol. The molecule has 0 radical (unpaired) electrons. The number of carbonyl (C=O) groups excluding carboxylic acids is 4. The molecule has 4 unspecified atom stereocenters. The number of piperazine rings is 1. The normalized spacial score (nSPS) is 24.9. The largest absolute Gasteiger partial charge is 0.611 e. The Hall–Kier alpha value is -3.57. The van der Waals surface area contributed by atoms with Crippen LogP contribution in [0.25, 0.3) is 0 Å². The van der Waals surface area contributed by atoms with Gasteiger partial charge in [0.15, 0.2) is 10.6 Å². The molecular formula is C36H37Cl2N3O7S. The third kappa shape index (κ3) is 6.93. The first-order chi connectivity index (χ1) is 23.7. The Kier molecular flexibility index (Phi) is 10.9. The maximum absolute atomic E-state index is 14.0. The number of carbonyl (C=O) groups is 3. The lowest BCUT2D eigenvalue weighted by molar-refractivity contribution is -0.137. The molecule has 2 saturated carbocycles. The second-order valence-electron chi connectivity index (χ2n) is 12.7. The summed E-state index contributed by atoms with van der Waals surface area (Å²) in [4.78, 5) is 58.4. The van der Waals surface area contributed by atoms with E-state index in [1.54, 1.807) is 48.5 Å². The highest BCUT2D eigenvalue weighted by Crippen LogP contribution is 2.49. The van der Waals surface area contributed by atoms with E-state index < -0.39 is 29.0 Å². The Bertz CT molecular complexity index is 1700. The smallest absolute Gasteiger partial charge is 0.338 e. The molecule has 10 nitrogen and oxygen atoms in total. The summed E-state index contributed by atoms with van der Waals surface area (Å²) >= 11 is 11.9. The molecule has 2 aromatic carbocycles. The van der Waals surface area contributed by atoms with Gasteiger partial charge >= 0.3 is 11.9 Å². The summed E-state index contributed by atoms with van der Waals surface area (Å²) in [6, 6.07) is 14.0. The Balaban J connectivity index is 1.48. The molecule has 1 saturated heterocycles. The fourth-order valence-electron chi connectivity index (χ4n) is 7.95. The lowest BCUT2D eigenvalue weighted by Gasteiger charge is -2.46. The maximum Gasteiger partial charge on any atom is 0.338 e. The van der Waals surface area contributed by atoms with Gasteiger partial charge in [-0.1, -0.05) is 47.5 Å². The van der Waals surface area contributed by atoms with E-state index in [9.17, 15) is 23.7 Å². The Labute approximate surface area is 298 Å². The zero-order valence-electron chi connectivity index (χ0n) is 27.2. The number of esters is 2. The molecule has 0 amide bonds. The third-order valence-electron chi connectivity index (χ3n) is 10.1. The summed E-state index contributed by atoms with van der Waals surface area (Å²) in [5.41, 5.74) is 0.424. The van der Waals surface area contributed by atoms with E-state index in [0.717, 1.165) is 19.0 Å². The van der Waals surface area contributed by atoms with Crippen LogP contribution in [0.4, 0.5) is 0 Å². The molecule has 2 aromatic rings. The predicted octanol–water partition coefficient (Wildman–Crippen LogP) is 4.73. The van der Waals surface area contributed by atoms with Crippen LogP contribution in [-0.2, 0) is 39.8 Å². The SMILES string of the molecule is COC(=O)C1=C(C[S+]([O-])c2ccccc2)N(C=C=O)C(N2CCN(C3CC4CC(=O)CC4C3)CC2)=C(C(=O)OC)C1c1c(Cl)cccc1Cl.